The first-order valence-electron chi connectivity index (χ1n) is 17.8. The van der Waals surface area contributed by atoms with Gasteiger partial charge in [-0.15, -0.1) is 0 Å². The van der Waals surface area contributed by atoms with Crippen molar-refractivity contribution in [2.75, 3.05) is 7.11 Å². The second-order valence-corrected chi connectivity index (χ2v) is 17.7. The number of ether oxygens (including phenoxy) is 2. The van der Waals surface area contributed by atoms with Gasteiger partial charge in [0.25, 0.3) is 0 Å². The van der Waals surface area contributed by atoms with E-state index >= 15 is 0 Å². The highest BCUT2D eigenvalue weighted by atomic mass is 16.5. The van der Waals surface area contributed by atoms with Crippen molar-refractivity contribution in [1.29, 1.82) is 0 Å². The molecule has 7 heteroatoms. The molecule has 4 saturated carbocycles. The van der Waals surface area contributed by atoms with Gasteiger partial charge in [-0.3, -0.25) is 14.4 Å². The van der Waals surface area contributed by atoms with E-state index in [-0.39, 0.29) is 69.2 Å². The molecule has 0 aromatic heterocycles. The lowest BCUT2D eigenvalue weighted by molar-refractivity contribution is -0.190. The Bertz CT molecular complexity index is 1500. The quantitative estimate of drug-likeness (QED) is 0.271. The Morgan fingerprint density at radius 1 is 0.872 bits per heavy atom. The van der Waals surface area contributed by atoms with Crippen molar-refractivity contribution in [2.45, 2.75) is 119 Å². The van der Waals surface area contributed by atoms with Gasteiger partial charge in [0, 0.05) is 12.0 Å². The molecule has 1 N–H and O–H groups in total. The largest absolute Gasteiger partial charge is 0.462 e. The Labute approximate surface area is 281 Å². The Morgan fingerprint density at radius 3 is 2.23 bits per heavy atom. The number of benzene rings is 1. The van der Waals surface area contributed by atoms with Gasteiger partial charge in [0.1, 0.15) is 6.61 Å². The molecule has 0 aliphatic heterocycles. The highest BCUT2D eigenvalue weighted by Gasteiger charge is 2.70. The number of carbonyl (C=O) groups is 4. The predicted molar refractivity (Wildman–Crippen MR) is 180 cm³/mol. The normalized spacial score (nSPS) is 42.0. The number of carbonyl (C=O) groups excluding carboxylic acids is 4. The van der Waals surface area contributed by atoms with E-state index in [0.29, 0.717) is 12.8 Å². The molecule has 1 amide bonds. The van der Waals surface area contributed by atoms with Crippen LogP contribution in [-0.4, -0.2) is 36.8 Å². The van der Waals surface area contributed by atoms with Crippen LogP contribution in [0.4, 0.5) is 0 Å². The molecule has 1 aromatic rings. The third-order valence-electron chi connectivity index (χ3n) is 15.0. The molecule has 9 atom stereocenters. The molecule has 0 saturated heterocycles. The van der Waals surface area contributed by atoms with E-state index < -0.39 is 17.3 Å². The maximum Gasteiger partial charge on any atom is 0.396 e. The van der Waals surface area contributed by atoms with Gasteiger partial charge in [0.15, 0.2) is 5.78 Å². The van der Waals surface area contributed by atoms with E-state index in [1.165, 1.54) is 12.7 Å². The number of amides is 1. The molecule has 0 unspecified atom stereocenters. The van der Waals surface area contributed by atoms with Gasteiger partial charge < -0.3 is 14.8 Å². The van der Waals surface area contributed by atoms with Crippen molar-refractivity contribution in [1.82, 2.24) is 5.32 Å². The van der Waals surface area contributed by atoms with Gasteiger partial charge in [0.05, 0.1) is 12.5 Å². The van der Waals surface area contributed by atoms with E-state index in [1.54, 1.807) is 0 Å². The monoisotopic (exact) mass is 645 g/mol. The van der Waals surface area contributed by atoms with Crippen molar-refractivity contribution in [3.63, 3.8) is 0 Å². The molecule has 0 heterocycles. The fourth-order valence-electron chi connectivity index (χ4n) is 11.8. The van der Waals surface area contributed by atoms with Crippen molar-refractivity contribution in [2.24, 2.45) is 50.2 Å². The van der Waals surface area contributed by atoms with Crippen LogP contribution in [0.2, 0.25) is 0 Å². The minimum Gasteiger partial charge on any atom is -0.462 e. The van der Waals surface area contributed by atoms with Crippen LogP contribution in [0.1, 0.15) is 112 Å². The average Bonchev–Trinajstić information content (AvgIpc) is 3.03. The zero-order chi connectivity index (χ0) is 34.2. The third-order valence-corrected chi connectivity index (χ3v) is 15.0. The number of ketones is 1. The summed E-state index contributed by atoms with van der Waals surface area (Å²) in [7, 11) is 1.23. The summed E-state index contributed by atoms with van der Waals surface area (Å²) in [5.41, 5.74) is 0.788. The summed E-state index contributed by atoms with van der Waals surface area (Å²) in [6.07, 6.45) is 10.0. The molecule has 0 spiro atoms. The number of fused-ring (bicyclic) bond motifs is 7. The number of esters is 2. The van der Waals surface area contributed by atoms with Crippen LogP contribution in [0.5, 0.6) is 0 Å². The highest BCUT2D eigenvalue weighted by Crippen LogP contribution is 2.75. The molecule has 5 aliphatic carbocycles. The van der Waals surface area contributed by atoms with Gasteiger partial charge >= 0.3 is 17.8 Å². The maximum atomic E-state index is 14.7. The topological polar surface area (TPSA) is 98.8 Å². The lowest BCUT2D eigenvalue weighted by Crippen LogP contribution is -2.68. The predicted octanol–water partition coefficient (Wildman–Crippen LogP) is 7.37. The summed E-state index contributed by atoms with van der Waals surface area (Å²) in [6.45, 7) is 16.3. The Balaban J connectivity index is 1.30. The van der Waals surface area contributed by atoms with Crippen LogP contribution in [-0.2, 0) is 35.3 Å². The summed E-state index contributed by atoms with van der Waals surface area (Å²) in [5.74, 6) is -1.23. The van der Waals surface area contributed by atoms with Crippen LogP contribution in [0.3, 0.4) is 0 Å². The molecular formula is C40H55NO6. The Morgan fingerprint density at radius 2 is 1.55 bits per heavy atom. The summed E-state index contributed by atoms with van der Waals surface area (Å²) in [4.78, 5) is 53.0. The molecule has 6 rings (SSSR count). The van der Waals surface area contributed by atoms with Crippen molar-refractivity contribution in [3.05, 3.63) is 47.5 Å². The van der Waals surface area contributed by atoms with E-state index in [0.717, 1.165) is 50.5 Å². The third kappa shape index (κ3) is 5.03. The fraction of sp³-hybridized carbons (Fsp3) is 0.700. The minimum absolute atomic E-state index is 0.0487. The average molecular weight is 646 g/mol. The van der Waals surface area contributed by atoms with Gasteiger partial charge in [0.2, 0.25) is 0 Å². The van der Waals surface area contributed by atoms with E-state index in [9.17, 15) is 19.2 Å². The number of hydrogen-bond acceptors (Lipinski definition) is 6. The van der Waals surface area contributed by atoms with Gasteiger partial charge in [-0.05, 0) is 115 Å². The molecule has 7 nitrogen and oxygen atoms in total. The number of nitrogens with one attached hydrogen (secondary N) is 1. The smallest absolute Gasteiger partial charge is 0.396 e. The molecule has 0 bridgehead atoms. The van der Waals surface area contributed by atoms with Crippen molar-refractivity contribution < 1.29 is 28.7 Å². The van der Waals surface area contributed by atoms with Crippen LogP contribution in [0.25, 0.3) is 0 Å². The SMILES string of the molecule is COC(=O)C(=O)N[C@H]1CC[C@]2(C)[C@H]3C(=O)C=C4[C@@H]5C[C@@](C)(C(=O)OCc6ccccc6)CC[C@]5(C)CC[C@@]4(C)[C@]3(C)CC[C@H]2C1(C)C. The van der Waals surface area contributed by atoms with E-state index in [2.05, 4.69) is 58.5 Å². The van der Waals surface area contributed by atoms with Crippen molar-refractivity contribution in [3.8, 4) is 0 Å². The van der Waals surface area contributed by atoms with Crippen LogP contribution >= 0.6 is 0 Å². The molecular weight excluding hydrogens is 590 g/mol. The van der Waals surface area contributed by atoms with Gasteiger partial charge in [-0.25, -0.2) is 4.79 Å². The molecule has 256 valence electrons. The van der Waals surface area contributed by atoms with Crippen LogP contribution in [0.15, 0.2) is 42.0 Å². The summed E-state index contributed by atoms with van der Waals surface area (Å²) in [6, 6.07) is 9.68. The standard InChI is InChI=1S/C40H55NO6/c1-35(2)29-14-17-40(7)31(38(29,5)16-15-30(35)41-32(43)33(44)46-8)28(42)22-26-27-23-37(4,19-18-36(27,3)20-21-39(26,40)6)34(45)47-24-25-12-10-9-11-13-25/h9-13,22,27,29-31H,14-21,23-24H2,1-8H3,(H,41,43)/t27-,29-,30-,31+,36+,37-,38-,39+,40+/m0/s1. The molecule has 5 aliphatic rings. The maximum absolute atomic E-state index is 14.7. The van der Waals surface area contributed by atoms with Crippen molar-refractivity contribution >= 4 is 23.6 Å². The summed E-state index contributed by atoms with van der Waals surface area (Å²) < 4.78 is 10.6. The number of methoxy groups -OCH3 is 1. The Kier molecular flexibility index (Phi) is 8.16. The van der Waals surface area contributed by atoms with Crippen LogP contribution in [0, 0.1) is 50.2 Å². The molecule has 1 aromatic carbocycles. The first kappa shape index (κ1) is 33.9. The highest BCUT2D eigenvalue weighted by molar-refractivity contribution is 6.32. The Hall–Kier alpha value is -2.96. The fourth-order valence-corrected chi connectivity index (χ4v) is 11.8. The molecule has 47 heavy (non-hydrogen) atoms. The van der Waals surface area contributed by atoms with E-state index in [1.807, 2.05) is 36.4 Å². The van der Waals surface area contributed by atoms with Gasteiger partial charge in [-0.2, -0.15) is 0 Å². The summed E-state index contributed by atoms with van der Waals surface area (Å²) in [5, 5.41) is 2.98. The molecule has 0 radical (unpaired) electrons. The number of hydrogen-bond donors (Lipinski definition) is 1. The zero-order valence-corrected chi connectivity index (χ0v) is 29.8. The zero-order valence-electron chi connectivity index (χ0n) is 29.8. The lowest BCUT2D eigenvalue weighted by Gasteiger charge is -2.70. The molecule has 4 fully saturated rings. The van der Waals surface area contributed by atoms with Gasteiger partial charge in [-0.1, -0.05) is 77.4 Å². The number of allylic oxidation sites excluding steroid dienone is 2. The van der Waals surface area contributed by atoms with E-state index in [4.69, 9.17) is 4.74 Å². The number of rotatable bonds is 4. The first-order valence-corrected chi connectivity index (χ1v) is 17.8. The van der Waals surface area contributed by atoms with Crippen LogP contribution < -0.4 is 5.32 Å². The summed E-state index contributed by atoms with van der Waals surface area (Å²) >= 11 is 0. The second kappa shape index (κ2) is 11.3. The first-order chi connectivity index (χ1) is 21.9. The minimum atomic E-state index is -0.869. The second-order valence-electron chi connectivity index (χ2n) is 17.7. The lowest BCUT2D eigenvalue weighted by atomic mass is 9.33.